The largest absolute Gasteiger partial charge is 0.462 e. The molecule has 0 aliphatic heterocycles. The fourth-order valence-electron chi connectivity index (χ4n) is 2.64. The van der Waals surface area contributed by atoms with Crippen LogP contribution in [0.15, 0.2) is 42.5 Å². The fraction of sp³-hybridized carbons (Fsp3) is 0.348. The van der Waals surface area contributed by atoms with Crippen LogP contribution < -0.4 is 10.1 Å². The molecule has 0 unspecified atom stereocenters. The number of hydrogen-bond acceptors (Lipinski definition) is 4. The summed E-state index contributed by atoms with van der Waals surface area (Å²) < 4.78 is 7.41. The minimum absolute atomic E-state index is 0.151. The molecule has 2 aromatic carbocycles. The van der Waals surface area contributed by atoms with Gasteiger partial charge in [-0.1, -0.05) is 37.0 Å². The van der Waals surface area contributed by atoms with Crippen molar-refractivity contribution in [1.29, 1.82) is 0 Å². The molecule has 32 heavy (non-hydrogen) atoms. The van der Waals surface area contributed by atoms with E-state index in [0.29, 0.717) is 34.1 Å². The Labute approximate surface area is 202 Å². The highest BCUT2D eigenvalue weighted by atomic mass is 35.5. The minimum atomic E-state index is -0.671. The van der Waals surface area contributed by atoms with Crippen LogP contribution in [-0.4, -0.2) is 33.2 Å². The summed E-state index contributed by atoms with van der Waals surface area (Å²) in [6, 6.07) is 12.8. The smallest absolute Gasteiger partial charge is 0.336 e. The van der Waals surface area contributed by atoms with Crippen LogP contribution in [0.25, 0.3) is 17.1 Å². The zero-order valence-electron chi connectivity index (χ0n) is 18.3. The Bertz CT molecular complexity index is 1100. The molecule has 0 atom stereocenters. The summed E-state index contributed by atoms with van der Waals surface area (Å²) in [5, 5.41) is 8.29. The van der Waals surface area contributed by atoms with E-state index in [4.69, 9.17) is 39.5 Å². The van der Waals surface area contributed by atoms with E-state index in [-0.39, 0.29) is 17.8 Å². The number of rotatable bonds is 8. The van der Waals surface area contributed by atoms with Crippen molar-refractivity contribution >= 4 is 46.4 Å². The molecular formula is C23H25Cl3N4O2. The molecule has 0 aliphatic carbocycles. The summed E-state index contributed by atoms with van der Waals surface area (Å²) >= 11 is 18.2. The van der Waals surface area contributed by atoms with Gasteiger partial charge >= 0.3 is 6.01 Å². The third-order valence-corrected chi connectivity index (χ3v) is 6.04. The highest BCUT2D eigenvalue weighted by molar-refractivity contribution is 6.42. The number of amides is 1. The number of anilines is 1. The predicted octanol–water partition coefficient (Wildman–Crippen LogP) is 6.48. The quantitative estimate of drug-likeness (QED) is 0.363. The number of benzene rings is 2. The van der Waals surface area contributed by atoms with Gasteiger partial charge in [-0.15, -0.1) is 16.7 Å². The third-order valence-electron chi connectivity index (χ3n) is 4.63. The SMILES string of the molecule is CC(C)COc1nc(-c2ccc(Cl)c(Cl)c2)n(-c2ccc(NC(=O)C(C)(C)CCl)cc2)n1. The Hall–Kier alpha value is -2.28. The monoisotopic (exact) mass is 494 g/mol. The molecule has 6 nitrogen and oxygen atoms in total. The number of halogens is 3. The molecule has 1 aromatic heterocycles. The number of carbonyl (C=O) groups excluding carboxylic acids is 1. The number of alkyl halides is 1. The first-order chi connectivity index (χ1) is 15.1. The molecule has 0 fully saturated rings. The molecule has 1 amide bonds. The van der Waals surface area contributed by atoms with Gasteiger partial charge in [-0.3, -0.25) is 4.79 Å². The Balaban J connectivity index is 1.94. The van der Waals surface area contributed by atoms with E-state index in [0.717, 1.165) is 11.3 Å². The van der Waals surface area contributed by atoms with Gasteiger partial charge in [0.2, 0.25) is 5.91 Å². The molecular weight excluding hydrogens is 471 g/mol. The topological polar surface area (TPSA) is 69.0 Å². The summed E-state index contributed by atoms with van der Waals surface area (Å²) in [6.07, 6.45) is 0. The average Bonchev–Trinajstić information content (AvgIpc) is 3.19. The third kappa shape index (κ3) is 5.74. The highest BCUT2D eigenvalue weighted by Gasteiger charge is 2.26. The summed E-state index contributed by atoms with van der Waals surface area (Å²) in [6.45, 7) is 8.18. The molecule has 0 aliphatic rings. The lowest BCUT2D eigenvalue weighted by Gasteiger charge is -2.20. The van der Waals surface area contributed by atoms with Gasteiger partial charge in [0.05, 0.1) is 27.8 Å². The van der Waals surface area contributed by atoms with Crippen LogP contribution in [0.1, 0.15) is 27.7 Å². The molecule has 0 radical (unpaired) electrons. The van der Waals surface area contributed by atoms with E-state index < -0.39 is 5.41 Å². The van der Waals surface area contributed by atoms with E-state index >= 15 is 0 Å². The lowest BCUT2D eigenvalue weighted by Crippen LogP contribution is -2.32. The number of nitrogens with one attached hydrogen (secondary N) is 1. The van der Waals surface area contributed by atoms with Crippen LogP contribution >= 0.6 is 34.8 Å². The van der Waals surface area contributed by atoms with Gasteiger partial charge in [0, 0.05) is 17.1 Å². The van der Waals surface area contributed by atoms with Crippen LogP contribution in [0.2, 0.25) is 10.0 Å². The Kier molecular flexibility index (Phi) is 7.70. The van der Waals surface area contributed by atoms with Gasteiger partial charge in [-0.05, 0) is 62.2 Å². The number of ether oxygens (including phenoxy) is 1. The van der Waals surface area contributed by atoms with Crippen LogP contribution in [0, 0.1) is 11.3 Å². The minimum Gasteiger partial charge on any atom is -0.462 e. The van der Waals surface area contributed by atoms with Gasteiger partial charge in [-0.25, -0.2) is 4.68 Å². The van der Waals surface area contributed by atoms with Crippen molar-refractivity contribution in [2.45, 2.75) is 27.7 Å². The number of carbonyl (C=O) groups is 1. The van der Waals surface area contributed by atoms with E-state index in [1.54, 1.807) is 42.8 Å². The number of nitrogens with zero attached hydrogens (tertiary/aromatic N) is 3. The van der Waals surface area contributed by atoms with E-state index in [1.165, 1.54) is 0 Å². The molecule has 3 rings (SSSR count). The Morgan fingerprint density at radius 1 is 1.12 bits per heavy atom. The van der Waals surface area contributed by atoms with E-state index in [9.17, 15) is 4.79 Å². The zero-order valence-corrected chi connectivity index (χ0v) is 20.6. The van der Waals surface area contributed by atoms with Gasteiger partial charge in [0.25, 0.3) is 0 Å². The van der Waals surface area contributed by atoms with Gasteiger partial charge in [0.15, 0.2) is 5.82 Å². The predicted molar refractivity (Wildman–Crippen MR) is 130 cm³/mol. The van der Waals surface area contributed by atoms with Crippen LogP contribution in [-0.2, 0) is 4.79 Å². The summed E-state index contributed by atoms with van der Waals surface area (Å²) in [5.74, 6) is 0.960. The lowest BCUT2D eigenvalue weighted by atomic mass is 9.95. The second-order valence-electron chi connectivity index (χ2n) is 8.48. The molecule has 9 heteroatoms. The molecule has 1 heterocycles. The molecule has 0 bridgehead atoms. The van der Waals surface area contributed by atoms with Crippen molar-refractivity contribution in [3.05, 3.63) is 52.5 Å². The Morgan fingerprint density at radius 3 is 2.41 bits per heavy atom. The highest BCUT2D eigenvalue weighted by Crippen LogP contribution is 2.30. The van der Waals surface area contributed by atoms with Crippen molar-refractivity contribution in [3.8, 4) is 23.1 Å². The van der Waals surface area contributed by atoms with Crippen LogP contribution in [0.5, 0.6) is 6.01 Å². The summed E-state index contributed by atoms with van der Waals surface area (Å²) in [5.41, 5.74) is 1.47. The van der Waals surface area contributed by atoms with Gasteiger partial charge in [0.1, 0.15) is 0 Å². The lowest BCUT2D eigenvalue weighted by molar-refractivity contribution is -0.122. The molecule has 0 saturated heterocycles. The Morgan fingerprint density at radius 2 is 1.81 bits per heavy atom. The van der Waals surface area contributed by atoms with Crippen molar-refractivity contribution in [2.24, 2.45) is 11.3 Å². The number of aromatic nitrogens is 3. The van der Waals surface area contributed by atoms with Crippen molar-refractivity contribution in [1.82, 2.24) is 14.8 Å². The van der Waals surface area contributed by atoms with E-state index in [2.05, 4.69) is 29.2 Å². The normalized spacial score (nSPS) is 11.6. The average molecular weight is 496 g/mol. The fourth-order valence-corrected chi connectivity index (χ4v) is 3.06. The van der Waals surface area contributed by atoms with Gasteiger partial charge < -0.3 is 10.1 Å². The first-order valence-electron chi connectivity index (χ1n) is 10.1. The maximum atomic E-state index is 12.4. The standard InChI is InChI=1S/C23H25Cl3N4O2/c1-14(2)12-32-22-28-20(15-5-10-18(25)19(26)11-15)30(29-22)17-8-6-16(7-9-17)27-21(31)23(3,4)13-24/h5-11,14H,12-13H2,1-4H3,(H,27,31). The molecule has 170 valence electrons. The molecule has 1 N–H and O–H groups in total. The second-order valence-corrected chi connectivity index (χ2v) is 9.56. The second kappa shape index (κ2) is 10.1. The van der Waals surface area contributed by atoms with Crippen LogP contribution in [0.3, 0.4) is 0 Å². The van der Waals surface area contributed by atoms with Crippen molar-refractivity contribution < 1.29 is 9.53 Å². The maximum absolute atomic E-state index is 12.4. The molecule has 3 aromatic rings. The maximum Gasteiger partial charge on any atom is 0.336 e. The zero-order chi connectivity index (χ0) is 23.5. The van der Waals surface area contributed by atoms with Crippen LogP contribution in [0.4, 0.5) is 5.69 Å². The molecule has 0 spiro atoms. The molecule has 0 saturated carbocycles. The summed E-state index contributed by atoms with van der Waals surface area (Å²) in [7, 11) is 0. The van der Waals surface area contributed by atoms with Gasteiger partial charge in [-0.2, -0.15) is 4.98 Å². The summed E-state index contributed by atoms with van der Waals surface area (Å²) in [4.78, 5) is 16.9. The van der Waals surface area contributed by atoms with Crippen molar-refractivity contribution in [3.63, 3.8) is 0 Å². The van der Waals surface area contributed by atoms with E-state index in [1.807, 2.05) is 18.2 Å². The first kappa shape index (κ1) is 24.4. The first-order valence-corrected chi connectivity index (χ1v) is 11.4. The van der Waals surface area contributed by atoms with Crippen molar-refractivity contribution in [2.75, 3.05) is 17.8 Å². The number of hydrogen-bond donors (Lipinski definition) is 1.